The maximum absolute atomic E-state index is 5.02. The Kier molecular flexibility index (Phi) is 3.10. The monoisotopic (exact) mass is 197 g/mol. The van der Waals surface area contributed by atoms with Crippen LogP contribution in [0.2, 0.25) is 0 Å². The molecule has 5 nitrogen and oxygen atoms in total. The van der Waals surface area contributed by atoms with Crippen LogP contribution in [0.5, 0.6) is 0 Å². The Morgan fingerprint density at radius 2 is 2.43 bits per heavy atom. The van der Waals surface area contributed by atoms with Crippen LogP contribution in [-0.2, 0) is 17.9 Å². The zero-order chi connectivity index (χ0) is 9.80. The summed E-state index contributed by atoms with van der Waals surface area (Å²) in [4.78, 5) is 4.15. The number of hydrogen-bond donors (Lipinski definition) is 1. The van der Waals surface area contributed by atoms with Crippen molar-refractivity contribution in [1.82, 2.24) is 15.5 Å². The van der Waals surface area contributed by atoms with Gasteiger partial charge in [-0.2, -0.15) is 4.98 Å². The molecule has 0 aliphatic heterocycles. The molecule has 1 aromatic rings. The van der Waals surface area contributed by atoms with Crippen LogP contribution < -0.4 is 5.32 Å². The summed E-state index contributed by atoms with van der Waals surface area (Å²) in [7, 11) is 1.61. The standard InChI is InChI=1S/C9H15N3O2/c1-13-6-8-11-9(14-12-8)5-10-4-7-2-3-7/h7,10H,2-6H2,1H3. The molecule has 14 heavy (non-hydrogen) atoms. The molecule has 0 amide bonds. The van der Waals surface area contributed by atoms with Gasteiger partial charge < -0.3 is 14.6 Å². The van der Waals surface area contributed by atoms with Crippen LogP contribution in [-0.4, -0.2) is 23.8 Å². The second-order valence-corrected chi connectivity index (χ2v) is 3.61. The Balaban J connectivity index is 1.71. The van der Waals surface area contributed by atoms with Gasteiger partial charge in [0.1, 0.15) is 6.61 Å². The average Bonchev–Trinajstić information content (AvgIpc) is 2.88. The first kappa shape index (κ1) is 9.61. The molecule has 2 rings (SSSR count). The highest BCUT2D eigenvalue weighted by atomic mass is 16.5. The van der Waals surface area contributed by atoms with Crippen molar-refractivity contribution in [2.75, 3.05) is 13.7 Å². The summed E-state index contributed by atoms with van der Waals surface area (Å²) in [5.74, 6) is 2.12. The number of aromatic nitrogens is 2. The molecular weight excluding hydrogens is 182 g/mol. The van der Waals surface area contributed by atoms with E-state index in [9.17, 15) is 0 Å². The predicted octanol–water partition coefficient (Wildman–Crippen LogP) is 0.716. The first-order valence-corrected chi connectivity index (χ1v) is 4.89. The van der Waals surface area contributed by atoms with E-state index in [1.54, 1.807) is 7.11 Å². The lowest BCUT2D eigenvalue weighted by Gasteiger charge is -1.97. The van der Waals surface area contributed by atoms with Gasteiger partial charge in [-0.15, -0.1) is 0 Å². The van der Waals surface area contributed by atoms with Gasteiger partial charge in [-0.05, 0) is 25.3 Å². The van der Waals surface area contributed by atoms with Crippen molar-refractivity contribution in [3.63, 3.8) is 0 Å². The Hall–Kier alpha value is -0.940. The van der Waals surface area contributed by atoms with Crippen LogP contribution in [0.25, 0.3) is 0 Å². The number of hydrogen-bond acceptors (Lipinski definition) is 5. The lowest BCUT2D eigenvalue weighted by molar-refractivity contribution is 0.174. The van der Waals surface area contributed by atoms with E-state index in [0.717, 1.165) is 12.5 Å². The van der Waals surface area contributed by atoms with Crippen LogP contribution in [0.3, 0.4) is 0 Å². The molecule has 0 saturated heterocycles. The Morgan fingerprint density at radius 1 is 1.57 bits per heavy atom. The van der Waals surface area contributed by atoms with E-state index in [4.69, 9.17) is 9.26 Å². The van der Waals surface area contributed by atoms with Crippen LogP contribution in [0.15, 0.2) is 4.52 Å². The van der Waals surface area contributed by atoms with Gasteiger partial charge in [-0.25, -0.2) is 0 Å². The average molecular weight is 197 g/mol. The van der Waals surface area contributed by atoms with Gasteiger partial charge in [-0.1, -0.05) is 5.16 Å². The number of rotatable bonds is 6. The molecule has 1 N–H and O–H groups in total. The Labute approximate surface area is 82.8 Å². The van der Waals surface area contributed by atoms with Crippen LogP contribution >= 0.6 is 0 Å². The van der Waals surface area contributed by atoms with Crippen molar-refractivity contribution in [2.24, 2.45) is 5.92 Å². The van der Waals surface area contributed by atoms with Crippen molar-refractivity contribution in [2.45, 2.75) is 26.0 Å². The highest BCUT2D eigenvalue weighted by Gasteiger charge is 2.20. The summed E-state index contributed by atoms with van der Waals surface area (Å²) in [6, 6.07) is 0. The molecular formula is C9H15N3O2. The molecule has 0 spiro atoms. The fraction of sp³-hybridized carbons (Fsp3) is 0.778. The van der Waals surface area contributed by atoms with Crippen LogP contribution in [0.1, 0.15) is 24.6 Å². The van der Waals surface area contributed by atoms with E-state index in [0.29, 0.717) is 24.9 Å². The SMILES string of the molecule is COCc1noc(CNCC2CC2)n1. The van der Waals surface area contributed by atoms with Gasteiger partial charge in [0.2, 0.25) is 5.89 Å². The molecule has 0 bridgehead atoms. The number of nitrogens with one attached hydrogen (secondary N) is 1. The first-order valence-electron chi connectivity index (χ1n) is 4.89. The summed E-state index contributed by atoms with van der Waals surface area (Å²) < 4.78 is 9.90. The first-order chi connectivity index (χ1) is 6.88. The highest BCUT2D eigenvalue weighted by Crippen LogP contribution is 2.27. The molecule has 1 aliphatic carbocycles. The number of methoxy groups -OCH3 is 1. The van der Waals surface area contributed by atoms with Gasteiger partial charge in [0.25, 0.3) is 0 Å². The van der Waals surface area contributed by atoms with Crippen LogP contribution in [0, 0.1) is 5.92 Å². The second-order valence-electron chi connectivity index (χ2n) is 3.61. The number of nitrogens with zero attached hydrogens (tertiary/aromatic N) is 2. The smallest absolute Gasteiger partial charge is 0.240 e. The van der Waals surface area contributed by atoms with Gasteiger partial charge >= 0.3 is 0 Å². The van der Waals surface area contributed by atoms with E-state index in [1.807, 2.05) is 0 Å². The Bertz CT molecular complexity index is 283. The summed E-state index contributed by atoms with van der Waals surface area (Å²) in [5, 5.41) is 7.05. The zero-order valence-electron chi connectivity index (χ0n) is 8.32. The van der Waals surface area contributed by atoms with Gasteiger partial charge in [0.05, 0.1) is 6.54 Å². The molecule has 0 aromatic carbocycles. The summed E-state index contributed by atoms with van der Waals surface area (Å²) in [5.41, 5.74) is 0. The molecule has 5 heteroatoms. The second kappa shape index (κ2) is 4.52. The maximum Gasteiger partial charge on any atom is 0.240 e. The van der Waals surface area contributed by atoms with E-state index < -0.39 is 0 Å². The minimum absolute atomic E-state index is 0.409. The molecule has 78 valence electrons. The Morgan fingerprint density at radius 3 is 3.14 bits per heavy atom. The minimum Gasteiger partial charge on any atom is -0.377 e. The molecule has 0 unspecified atom stereocenters. The third-order valence-electron chi connectivity index (χ3n) is 2.19. The molecule has 1 aliphatic rings. The van der Waals surface area contributed by atoms with Gasteiger partial charge in [0.15, 0.2) is 5.82 Å². The van der Waals surface area contributed by atoms with Crippen molar-refractivity contribution in [1.29, 1.82) is 0 Å². The topological polar surface area (TPSA) is 60.2 Å². The molecule has 1 heterocycles. The normalized spacial score (nSPS) is 16.1. The lowest BCUT2D eigenvalue weighted by atomic mass is 10.4. The lowest BCUT2D eigenvalue weighted by Crippen LogP contribution is -2.16. The fourth-order valence-electron chi connectivity index (χ4n) is 1.25. The minimum atomic E-state index is 0.409. The van der Waals surface area contributed by atoms with E-state index in [-0.39, 0.29) is 0 Å². The fourth-order valence-corrected chi connectivity index (χ4v) is 1.25. The quantitative estimate of drug-likeness (QED) is 0.728. The molecule has 1 fully saturated rings. The van der Waals surface area contributed by atoms with Crippen molar-refractivity contribution >= 4 is 0 Å². The third kappa shape index (κ3) is 2.78. The summed E-state index contributed by atoms with van der Waals surface area (Å²) >= 11 is 0. The third-order valence-corrected chi connectivity index (χ3v) is 2.19. The molecule has 0 atom stereocenters. The zero-order valence-corrected chi connectivity index (χ0v) is 8.32. The summed E-state index contributed by atoms with van der Waals surface area (Å²) in [6.45, 7) is 2.13. The highest BCUT2D eigenvalue weighted by molar-refractivity contribution is 4.84. The largest absolute Gasteiger partial charge is 0.377 e. The molecule has 1 aromatic heterocycles. The van der Waals surface area contributed by atoms with E-state index in [1.165, 1.54) is 12.8 Å². The van der Waals surface area contributed by atoms with Crippen molar-refractivity contribution < 1.29 is 9.26 Å². The van der Waals surface area contributed by atoms with Crippen LogP contribution in [0.4, 0.5) is 0 Å². The maximum atomic E-state index is 5.02. The van der Waals surface area contributed by atoms with E-state index >= 15 is 0 Å². The van der Waals surface area contributed by atoms with Gasteiger partial charge in [-0.3, -0.25) is 0 Å². The van der Waals surface area contributed by atoms with E-state index in [2.05, 4.69) is 15.5 Å². The van der Waals surface area contributed by atoms with Crippen molar-refractivity contribution in [3.05, 3.63) is 11.7 Å². The summed E-state index contributed by atoms with van der Waals surface area (Å²) in [6.07, 6.45) is 2.71. The van der Waals surface area contributed by atoms with Gasteiger partial charge in [0, 0.05) is 7.11 Å². The van der Waals surface area contributed by atoms with Crippen molar-refractivity contribution in [3.8, 4) is 0 Å². The predicted molar refractivity (Wildman–Crippen MR) is 49.4 cm³/mol. The number of ether oxygens (including phenoxy) is 1. The molecule has 0 radical (unpaired) electrons. The molecule has 1 saturated carbocycles.